The maximum absolute atomic E-state index is 10.6. The Morgan fingerprint density at radius 1 is 1.28 bits per heavy atom. The second-order valence-corrected chi connectivity index (χ2v) is 6.66. The van der Waals surface area contributed by atoms with E-state index in [0.29, 0.717) is 5.92 Å². The first-order chi connectivity index (χ1) is 11.6. The maximum Gasteiger partial charge on any atom is 1.00 e. The minimum atomic E-state index is -1.10. The van der Waals surface area contributed by atoms with Crippen LogP contribution in [0.25, 0.3) is 0 Å². The van der Waals surface area contributed by atoms with Crippen LogP contribution >= 0.6 is 0 Å². The molecule has 0 unspecified atom stereocenters. The first-order valence-electron chi connectivity index (χ1n) is 8.94. The number of rotatable bonds is 8. The Morgan fingerprint density at radius 3 is 2.76 bits per heavy atom. The van der Waals surface area contributed by atoms with E-state index in [4.69, 9.17) is 0 Å². The zero-order valence-corrected chi connectivity index (χ0v) is 17.2. The molecule has 0 aliphatic heterocycles. The van der Waals surface area contributed by atoms with Crippen molar-refractivity contribution < 1.29 is 44.6 Å². The Bertz CT molecular complexity index is 566. The molecule has 0 amide bonds. The van der Waals surface area contributed by atoms with Gasteiger partial charge in [0.2, 0.25) is 0 Å². The van der Waals surface area contributed by atoms with Crippen LogP contribution in [0.1, 0.15) is 50.5 Å². The number of benzene rings is 1. The molecule has 1 N–H and O–H groups in total. The molecule has 1 saturated carbocycles. The largest absolute Gasteiger partial charge is 1.00 e. The van der Waals surface area contributed by atoms with Gasteiger partial charge in [-0.3, -0.25) is 0 Å². The monoisotopic (exact) mass is 350 g/mol. The van der Waals surface area contributed by atoms with Gasteiger partial charge in [0.15, 0.2) is 0 Å². The number of carbonyl (C=O) groups is 1. The molecule has 0 spiro atoms. The summed E-state index contributed by atoms with van der Waals surface area (Å²) in [5.74, 6) is -0.767. The van der Waals surface area contributed by atoms with Gasteiger partial charge < -0.3 is 15.0 Å². The van der Waals surface area contributed by atoms with Gasteiger partial charge in [-0.25, -0.2) is 0 Å². The predicted molar refractivity (Wildman–Crippen MR) is 94.2 cm³/mol. The van der Waals surface area contributed by atoms with Crippen molar-refractivity contribution in [2.24, 2.45) is 5.92 Å². The van der Waals surface area contributed by atoms with E-state index in [2.05, 4.69) is 30.3 Å². The molecule has 1 aromatic carbocycles. The summed E-state index contributed by atoms with van der Waals surface area (Å²) in [4.78, 5) is 10.6. The van der Waals surface area contributed by atoms with Crippen molar-refractivity contribution in [2.75, 3.05) is 0 Å². The average Bonchev–Trinajstić information content (AvgIpc) is 2.58. The number of carboxylic acids is 1. The molecule has 130 valence electrons. The Hall–Kier alpha value is -0.870. The van der Waals surface area contributed by atoms with Gasteiger partial charge in [-0.05, 0) is 62.5 Å². The standard InChI is InChI=1S/C21H28O3.Na/c22-20(12-5-4-9-17-7-2-1-3-8-17)14-13-18-10-6-11-19(15-18)16-21(23)24;/h1-3,7-8,13-14,16,18,20,22H,4-6,9-12,15H2,(H,23,24);/q;+1/p-1/b14-13+,19-16-;/t18-,20+;/m0./s1. The number of aliphatic hydroxyl groups excluding tert-OH is 1. The summed E-state index contributed by atoms with van der Waals surface area (Å²) >= 11 is 0. The molecule has 0 heterocycles. The smallest absolute Gasteiger partial charge is 0.545 e. The van der Waals surface area contributed by atoms with E-state index in [0.717, 1.165) is 56.9 Å². The molecule has 1 aliphatic rings. The van der Waals surface area contributed by atoms with Gasteiger partial charge in [-0.15, -0.1) is 0 Å². The summed E-state index contributed by atoms with van der Waals surface area (Å²) in [5.41, 5.74) is 2.30. The summed E-state index contributed by atoms with van der Waals surface area (Å²) in [7, 11) is 0. The minimum Gasteiger partial charge on any atom is -0.545 e. The minimum absolute atomic E-state index is 0. The zero-order chi connectivity index (χ0) is 17.2. The van der Waals surface area contributed by atoms with E-state index in [1.54, 1.807) is 0 Å². The van der Waals surface area contributed by atoms with Gasteiger partial charge in [0.1, 0.15) is 0 Å². The van der Waals surface area contributed by atoms with E-state index in [1.807, 2.05) is 12.1 Å². The SMILES string of the molecule is O=C([O-])/C=C1/CCC[C@@H](/C=C/[C@H](O)CCCCc2ccccc2)C1.[Na+]. The van der Waals surface area contributed by atoms with Crippen LogP contribution in [0.5, 0.6) is 0 Å². The molecule has 0 saturated heterocycles. The van der Waals surface area contributed by atoms with Gasteiger partial charge in [-0.1, -0.05) is 54.5 Å². The van der Waals surface area contributed by atoms with Crippen molar-refractivity contribution in [3.8, 4) is 0 Å². The number of carboxylic acid groups (broad SMARTS) is 1. The zero-order valence-electron chi connectivity index (χ0n) is 15.2. The quantitative estimate of drug-likeness (QED) is 0.315. The van der Waals surface area contributed by atoms with Gasteiger partial charge in [0.05, 0.1) is 12.1 Å². The average molecular weight is 350 g/mol. The van der Waals surface area contributed by atoms with Crippen molar-refractivity contribution in [3.05, 3.63) is 59.7 Å². The molecule has 4 heteroatoms. The van der Waals surface area contributed by atoms with Gasteiger partial charge in [0, 0.05) is 0 Å². The van der Waals surface area contributed by atoms with E-state index < -0.39 is 12.1 Å². The van der Waals surface area contributed by atoms with Crippen molar-refractivity contribution in [1.29, 1.82) is 0 Å². The third kappa shape index (κ3) is 9.41. The molecule has 0 aromatic heterocycles. The number of allylic oxidation sites excluding steroid dienone is 2. The number of aliphatic carboxylic acids is 1. The second-order valence-electron chi connectivity index (χ2n) is 6.66. The molecule has 0 bridgehead atoms. The molecule has 2 atom stereocenters. The van der Waals surface area contributed by atoms with Crippen molar-refractivity contribution in [3.63, 3.8) is 0 Å². The Morgan fingerprint density at radius 2 is 2.04 bits per heavy atom. The summed E-state index contributed by atoms with van der Waals surface area (Å²) in [5, 5.41) is 20.7. The van der Waals surface area contributed by atoms with Gasteiger partial charge >= 0.3 is 29.6 Å². The maximum atomic E-state index is 10.6. The van der Waals surface area contributed by atoms with Crippen LogP contribution < -0.4 is 34.7 Å². The van der Waals surface area contributed by atoms with Crippen LogP contribution in [-0.4, -0.2) is 17.2 Å². The first-order valence-corrected chi connectivity index (χ1v) is 8.94. The fourth-order valence-electron chi connectivity index (χ4n) is 3.30. The van der Waals surface area contributed by atoms with E-state index >= 15 is 0 Å². The summed E-state index contributed by atoms with van der Waals surface area (Å²) in [6, 6.07) is 10.4. The number of carbonyl (C=O) groups excluding carboxylic acids is 1. The van der Waals surface area contributed by atoms with Crippen LogP contribution in [0.4, 0.5) is 0 Å². The van der Waals surface area contributed by atoms with Gasteiger partial charge in [0.25, 0.3) is 0 Å². The molecular weight excluding hydrogens is 323 g/mol. The number of aryl methyl sites for hydroxylation is 1. The molecule has 3 nitrogen and oxygen atoms in total. The Balaban J connectivity index is 0.00000312. The summed E-state index contributed by atoms with van der Waals surface area (Å²) < 4.78 is 0. The molecule has 1 aromatic rings. The molecule has 0 radical (unpaired) electrons. The third-order valence-corrected chi connectivity index (χ3v) is 4.58. The fourth-order valence-corrected chi connectivity index (χ4v) is 3.30. The molecule has 2 rings (SSSR count). The van der Waals surface area contributed by atoms with Crippen LogP contribution in [0.3, 0.4) is 0 Å². The van der Waals surface area contributed by atoms with E-state index in [1.165, 1.54) is 11.6 Å². The van der Waals surface area contributed by atoms with Crippen molar-refractivity contribution in [2.45, 2.75) is 57.5 Å². The van der Waals surface area contributed by atoms with E-state index in [-0.39, 0.29) is 29.6 Å². The second kappa shape index (κ2) is 12.5. The number of hydrogen-bond donors (Lipinski definition) is 1. The topological polar surface area (TPSA) is 60.4 Å². The van der Waals surface area contributed by atoms with Crippen molar-refractivity contribution in [1.82, 2.24) is 0 Å². The number of hydrogen-bond acceptors (Lipinski definition) is 3. The normalized spacial score (nSPS) is 20.4. The van der Waals surface area contributed by atoms with Crippen LogP contribution in [0, 0.1) is 5.92 Å². The third-order valence-electron chi connectivity index (χ3n) is 4.58. The molecule has 1 aliphatic carbocycles. The van der Waals surface area contributed by atoms with Crippen LogP contribution in [-0.2, 0) is 11.2 Å². The Kier molecular flexibility index (Phi) is 11.1. The van der Waals surface area contributed by atoms with Crippen LogP contribution in [0.2, 0.25) is 0 Å². The predicted octanol–water partition coefficient (Wildman–Crippen LogP) is 0.187. The molecular formula is C21H27NaO3. The van der Waals surface area contributed by atoms with E-state index in [9.17, 15) is 15.0 Å². The number of aliphatic hydroxyl groups is 1. The first kappa shape index (κ1) is 22.2. The van der Waals surface area contributed by atoms with Gasteiger partial charge in [-0.2, -0.15) is 0 Å². The van der Waals surface area contributed by atoms with Crippen LogP contribution in [0.15, 0.2) is 54.1 Å². The summed E-state index contributed by atoms with van der Waals surface area (Å²) in [6.45, 7) is 0. The van der Waals surface area contributed by atoms with Crippen molar-refractivity contribution >= 4 is 5.97 Å². The molecule has 25 heavy (non-hydrogen) atoms. The molecule has 1 fully saturated rings. The number of unbranched alkanes of at least 4 members (excludes halogenated alkanes) is 1. The fraction of sp³-hybridized carbons (Fsp3) is 0.476. The Labute approximate surface area is 173 Å². The summed E-state index contributed by atoms with van der Waals surface area (Å²) in [6.07, 6.45) is 12.4.